The van der Waals surface area contributed by atoms with Crippen molar-refractivity contribution in [2.24, 2.45) is 0 Å². The summed E-state index contributed by atoms with van der Waals surface area (Å²) in [5.74, 6) is 3.05. The first-order valence-corrected chi connectivity index (χ1v) is 8.69. The molecule has 0 bridgehead atoms. The lowest BCUT2D eigenvalue weighted by Crippen LogP contribution is -2.00. The maximum atomic E-state index is 5.92. The van der Waals surface area contributed by atoms with Crippen molar-refractivity contribution in [2.75, 3.05) is 19.5 Å². The van der Waals surface area contributed by atoms with Gasteiger partial charge in [-0.25, -0.2) is 4.98 Å². The summed E-state index contributed by atoms with van der Waals surface area (Å²) in [7, 11) is 1.64. The monoisotopic (exact) mass is 361 g/mol. The average Bonchev–Trinajstić information content (AvgIpc) is 3.08. The van der Waals surface area contributed by atoms with Gasteiger partial charge in [0.25, 0.3) is 0 Å². The highest BCUT2D eigenvalue weighted by molar-refractivity contribution is 7.99. The number of ether oxygens (including phenoxy) is 2. The molecule has 0 radical (unpaired) electrons. The van der Waals surface area contributed by atoms with Crippen molar-refractivity contribution in [3.63, 3.8) is 0 Å². The number of thioether (sulfide) groups is 1. The molecular weight excluding hydrogens is 346 g/mol. The first kappa shape index (κ1) is 16.7. The predicted octanol–water partition coefficient (Wildman–Crippen LogP) is 4.30. The van der Waals surface area contributed by atoms with Gasteiger partial charge in [0.05, 0.1) is 13.7 Å². The maximum Gasteiger partial charge on any atom is 0.208 e. The minimum Gasteiger partial charge on any atom is -0.497 e. The summed E-state index contributed by atoms with van der Waals surface area (Å²) in [5, 5.41) is 8.51. The van der Waals surface area contributed by atoms with Crippen LogP contribution >= 0.6 is 23.4 Å². The van der Waals surface area contributed by atoms with E-state index in [0.717, 1.165) is 28.6 Å². The number of nitrogens with one attached hydrogen (secondary N) is 1. The number of nitrogens with zero attached hydrogens (tertiary/aromatic N) is 2. The van der Waals surface area contributed by atoms with Crippen LogP contribution in [0.4, 0.5) is 0 Å². The Bertz CT molecular complexity index is 793. The van der Waals surface area contributed by atoms with Crippen LogP contribution < -0.4 is 9.47 Å². The molecule has 0 fully saturated rings. The molecule has 0 amide bonds. The number of hydrogen-bond donors (Lipinski definition) is 1. The van der Waals surface area contributed by atoms with E-state index in [0.29, 0.717) is 16.8 Å². The van der Waals surface area contributed by atoms with Crippen LogP contribution in [0.5, 0.6) is 11.5 Å². The van der Waals surface area contributed by atoms with Crippen molar-refractivity contribution in [3.05, 3.63) is 53.6 Å². The Balaban J connectivity index is 1.50. The van der Waals surface area contributed by atoms with Crippen LogP contribution in [0.1, 0.15) is 0 Å². The van der Waals surface area contributed by atoms with Gasteiger partial charge in [0.15, 0.2) is 5.82 Å². The van der Waals surface area contributed by atoms with E-state index in [2.05, 4.69) is 15.2 Å². The van der Waals surface area contributed by atoms with Crippen molar-refractivity contribution in [1.82, 2.24) is 15.2 Å². The normalized spacial score (nSPS) is 10.6. The van der Waals surface area contributed by atoms with Gasteiger partial charge in [-0.3, -0.25) is 5.10 Å². The van der Waals surface area contributed by atoms with Gasteiger partial charge >= 0.3 is 0 Å². The highest BCUT2D eigenvalue weighted by Crippen LogP contribution is 2.22. The number of methoxy groups -OCH3 is 1. The standard InChI is InChI=1S/C17H16ClN3O2S/c1-22-14-7-5-12(6-8-14)16-19-17(21-20-16)24-10-9-23-15-4-2-3-13(18)11-15/h2-8,11H,9-10H2,1H3,(H,19,20,21). The summed E-state index contributed by atoms with van der Waals surface area (Å²) in [4.78, 5) is 4.47. The molecule has 0 saturated carbocycles. The van der Waals surface area contributed by atoms with E-state index < -0.39 is 0 Å². The maximum absolute atomic E-state index is 5.92. The molecule has 1 heterocycles. The lowest BCUT2D eigenvalue weighted by molar-refractivity contribution is 0.344. The number of aromatic nitrogens is 3. The van der Waals surface area contributed by atoms with Crippen LogP contribution in [-0.2, 0) is 0 Å². The van der Waals surface area contributed by atoms with Gasteiger partial charge in [-0.1, -0.05) is 29.4 Å². The molecule has 5 nitrogen and oxygen atoms in total. The second-order valence-corrected chi connectivity index (χ2v) is 6.35. The van der Waals surface area contributed by atoms with E-state index >= 15 is 0 Å². The Labute approximate surface area is 149 Å². The van der Waals surface area contributed by atoms with E-state index in [1.165, 1.54) is 11.8 Å². The first-order chi connectivity index (χ1) is 11.7. The summed E-state index contributed by atoms with van der Waals surface area (Å²) in [6, 6.07) is 15.0. The molecule has 124 valence electrons. The minimum atomic E-state index is 0.553. The molecule has 3 rings (SSSR count). The van der Waals surface area contributed by atoms with Gasteiger partial charge in [0.1, 0.15) is 11.5 Å². The summed E-state index contributed by atoms with van der Waals surface area (Å²) in [6.45, 7) is 0.553. The van der Waals surface area contributed by atoms with Crippen molar-refractivity contribution in [3.8, 4) is 22.9 Å². The average molecular weight is 362 g/mol. The van der Waals surface area contributed by atoms with Crippen molar-refractivity contribution in [2.45, 2.75) is 5.16 Å². The molecule has 0 atom stereocenters. The molecule has 0 spiro atoms. The summed E-state index contributed by atoms with van der Waals surface area (Å²) < 4.78 is 10.8. The third kappa shape index (κ3) is 4.43. The Morgan fingerprint density at radius 3 is 2.71 bits per heavy atom. The summed E-state index contributed by atoms with van der Waals surface area (Å²) >= 11 is 7.45. The highest BCUT2D eigenvalue weighted by Gasteiger charge is 2.06. The molecule has 1 N–H and O–H groups in total. The molecular formula is C17H16ClN3O2S. The van der Waals surface area contributed by atoms with Gasteiger partial charge in [-0.15, -0.1) is 5.10 Å². The Hall–Kier alpha value is -2.18. The zero-order chi connectivity index (χ0) is 16.8. The molecule has 0 saturated heterocycles. The van der Waals surface area contributed by atoms with Crippen molar-refractivity contribution < 1.29 is 9.47 Å². The van der Waals surface area contributed by atoms with Gasteiger partial charge in [0.2, 0.25) is 5.16 Å². The van der Waals surface area contributed by atoms with E-state index in [9.17, 15) is 0 Å². The smallest absolute Gasteiger partial charge is 0.208 e. The van der Waals surface area contributed by atoms with Crippen LogP contribution in [0.2, 0.25) is 5.02 Å². The van der Waals surface area contributed by atoms with Crippen LogP contribution in [0.25, 0.3) is 11.4 Å². The summed E-state index contributed by atoms with van der Waals surface area (Å²) in [5.41, 5.74) is 0.963. The Kier molecular flexibility index (Phi) is 5.61. The van der Waals surface area contributed by atoms with Crippen LogP contribution in [0.3, 0.4) is 0 Å². The third-order valence-corrected chi connectivity index (χ3v) is 4.25. The molecule has 24 heavy (non-hydrogen) atoms. The van der Waals surface area contributed by atoms with Gasteiger partial charge in [-0.05, 0) is 42.5 Å². The number of hydrogen-bond acceptors (Lipinski definition) is 5. The lowest BCUT2D eigenvalue weighted by atomic mass is 10.2. The molecule has 0 aliphatic carbocycles. The topological polar surface area (TPSA) is 60.0 Å². The fourth-order valence-corrected chi connectivity index (χ4v) is 2.83. The molecule has 7 heteroatoms. The van der Waals surface area contributed by atoms with E-state index in [4.69, 9.17) is 21.1 Å². The fraction of sp³-hybridized carbons (Fsp3) is 0.176. The molecule has 0 unspecified atom stereocenters. The zero-order valence-electron chi connectivity index (χ0n) is 13.0. The Morgan fingerprint density at radius 2 is 1.96 bits per heavy atom. The molecule has 2 aromatic carbocycles. The second-order valence-electron chi connectivity index (χ2n) is 4.85. The van der Waals surface area contributed by atoms with E-state index in [1.54, 1.807) is 13.2 Å². The van der Waals surface area contributed by atoms with E-state index in [-0.39, 0.29) is 0 Å². The highest BCUT2D eigenvalue weighted by atomic mass is 35.5. The largest absolute Gasteiger partial charge is 0.497 e. The van der Waals surface area contributed by atoms with Gasteiger partial charge < -0.3 is 9.47 Å². The molecule has 0 aliphatic rings. The van der Waals surface area contributed by atoms with Crippen LogP contribution in [-0.4, -0.2) is 34.7 Å². The quantitative estimate of drug-likeness (QED) is 0.502. The number of H-pyrrole nitrogens is 1. The van der Waals surface area contributed by atoms with Crippen molar-refractivity contribution >= 4 is 23.4 Å². The number of benzene rings is 2. The van der Waals surface area contributed by atoms with Gasteiger partial charge in [0, 0.05) is 16.3 Å². The number of halogens is 1. The SMILES string of the molecule is COc1ccc(-c2nc(SCCOc3cccc(Cl)c3)n[nH]2)cc1. The fourth-order valence-electron chi connectivity index (χ4n) is 2.04. The lowest BCUT2D eigenvalue weighted by Gasteiger charge is -2.04. The van der Waals surface area contributed by atoms with E-state index in [1.807, 2.05) is 42.5 Å². The zero-order valence-corrected chi connectivity index (χ0v) is 14.6. The summed E-state index contributed by atoms with van der Waals surface area (Å²) in [6.07, 6.45) is 0. The first-order valence-electron chi connectivity index (χ1n) is 7.32. The minimum absolute atomic E-state index is 0.553. The molecule has 1 aromatic heterocycles. The van der Waals surface area contributed by atoms with Crippen molar-refractivity contribution in [1.29, 1.82) is 0 Å². The Morgan fingerprint density at radius 1 is 1.12 bits per heavy atom. The molecule has 3 aromatic rings. The second kappa shape index (κ2) is 8.08. The number of rotatable bonds is 7. The third-order valence-electron chi connectivity index (χ3n) is 3.21. The molecule has 0 aliphatic heterocycles. The van der Waals surface area contributed by atoms with Crippen LogP contribution in [0, 0.1) is 0 Å². The predicted molar refractivity (Wildman–Crippen MR) is 96.0 cm³/mol. The van der Waals surface area contributed by atoms with Gasteiger partial charge in [-0.2, -0.15) is 0 Å². The van der Waals surface area contributed by atoms with Crippen LogP contribution in [0.15, 0.2) is 53.7 Å². The number of aromatic amines is 1.